The van der Waals surface area contributed by atoms with Gasteiger partial charge in [-0.25, -0.2) is 14.8 Å². The summed E-state index contributed by atoms with van der Waals surface area (Å²) in [6, 6.07) is 10.8. The van der Waals surface area contributed by atoms with E-state index in [-0.39, 0.29) is 11.4 Å². The molecule has 2 N–H and O–H groups in total. The number of aryl methyl sites for hydroxylation is 2. The lowest BCUT2D eigenvalue weighted by Gasteiger charge is -2.62. The molecular weight excluding hydrogens is 431 g/mol. The highest BCUT2D eigenvalue weighted by Gasteiger charge is 2.56. The van der Waals surface area contributed by atoms with Gasteiger partial charge in [0.25, 0.3) is 5.56 Å². The van der Waals surface area contributed by atoms with Gasteiger partial charge in [-0.3, -0.25) is 9.36 Å². The van der Waals surface area contributed by atoms with Gasteiger partial charge in [0.2, 0.25) is 0 Å². The first-order chi connectivity index (χ1) is 16.3. The van der Waals surface area contributed by atoms with Crippen LogP contribution in [0.25, 0.3) is 10.9 Å². The molecule has 0 amide bonds. The second-order valence-corrected chi connectivity index (χ2v) is 10.5. The van der Waals surface area contributed by atoms with Crippen LogP contribution < -0.4 is 21.1 Å². The van der Waals surface area contributed by atoms with Crippen molar-refractivity contribution in [2.45, 2.75) is 52.6 Å². The number of nitrogens with one attached hydrogen (secondary N) is 2. The van der Waals surface area contributed by atoms with Crippen LogP contribution in [0, 0.1) is 29.0 Å². The van der Waals surface area contributed by atoms with E-state index < -0.39 is 0 Å². The van der Waals surface area contributed by atoms with Gasteiger partial charge in [-0.05, 0) is 72.3 Å². The van der Waals surface area contributed by atoms with Crippen molar-refractivity contribution in [3.63, 3.8) is 0 Å². The Hall–Kier alpha value is -2.93. The van der Waals surface area contributed by atoms with E-state index in [0.29, 0.717) is 52.6 Å². The summed E-state index contributed by atoms with van der Waals surface area (Å²) in [5.74, 6) is 2.32. The summed E-state index contributed by atoms with van der Waals surface area (Å²) in [4.78, 5) is 17.5. The number of benzene rings is 2. The van der Waals surface area contributed by atoms with E-state index in [2.05, 4.69) is 36.6 Å². The zero-order valence-electron chi connectivity index (χ0n) is 20.3. The van der Waals surface area contributed by atoms with E-state index in [0.717, 1.165) is 17.5 Å². The maximum Gasteiger partial charge on any atom is 0.261 e. The Bertz CT molecular complexity index is 1270. The monoisotopic (exact) mass is 464 g/mol. The van der Waals surface area contributed by atoms with Crippen molar-refractivity contribution in [1.29, 1.82) is 0 Å². The van der Waals surface area contributed by atoms with Crippen molar-refractivity contribution in [3.05, 3.63) is 64.5 Å². The first-order valence-corrected chi connectivity index (χ1v) is 12.1. The Morgan fingerprint density at radius 2 is 2.03 bits per heavy atom. The lowest BCUT2D eigenvalue weighted by atomic mass is 9.45. The van der Waals surface area contributed by atoms with E-state index in [1.807, 2.05) is 18.2 Å². The van der Waals surface area contributed by atoms with E-state index in [1.165, 1.54) is 30.6 Å². The van der Waals surface area contributed by atoms with Gasteiger partial charge >= 0.3 is 0 Å². The van der Waals surface area contributed by atoms with Crippen molar-refractivity contribution in [2.75, 3.05) is 12.5 Å². The summed E-state index contributed by atoms with van der Waals surface area (Å²) in [7, 11) is 1.51. The maximum atomic E-state index is 14.2. The lowest BCUT2D eigenvalue weighted by molar-refractivity contribution is -0.113. The Morgan fingerprint density at radius 1 is 1.21 bits per heavy atom. The third kappa shape index (κ3) is 3.96. The number of hydrogen-bond donors (Lipinski definition) is 2. The smallest absolute Gasteiger partial charge is 0.261 e. The fraction of sp³-hybridized carbons (Fsp3) is 0.481. The number of halogens is 1. The number of nitrogens with zero attached hydrogens (tertiary/aromatic N) is 2. The molecule has 3 saturated carbocycles. The summed E-state index contributed by atoms with van der Waals surface area (Å²) in [5.41, 5.74) is 9.29. The molecule has 1 heterocycles. The number of methoxy groups -OCH3 is 1. The first kappa shape index (κ1) is 22.8. The minimum absolute atomic E-state index is 0.123. The third-order valence-corrected chi connectivity index (χ3v) is 8.46. The average Bonchev–Trinajstić information content (AvgIpc) is 2.83. The summed E-state index contributed by atoms with van der Waals surface area (Å²) in [6.07, 6.45) is 4.47. The first-order valence-electron chi connectivity index (χ1n) is 12.1. The van der Waals surface area contributed by atoms with Crippen LogP contribution in [0.15, 0.2) is 47.5 Å². The predicted molar refractivity (Wildman–Crippen MR) is 132 cm³/mol. The van der Waals surface area contributed by atoms with Gasteiger partial charge < -0.3 is 10.2 Å². The van der Waals surface area contributed by atoms with Crippen molar-refractivity contribution < 1.29 is 9.13 Å². The molecule has 7 heteroatoms. The molecule has 4 atom stereocenters. The zero-order valence-corrected chi connectivity index (χ0v) is 20.3. The number of fused-ring (bicyclic) bond motifs is 3. The number of aromatic nitrogens is 2. The van der Waals surface area contributed by atoms with Crippen LogP contribution in [0.4, 0.5) is 10.1 Å². The molecule has 0 radical (unpaired) electrons. The zero-order chi connectivity index (χ0) is 24.0. The van der Waals surface area contributed by atoms with Gasteiger partial charge in [0.1, 0.15) is 11.6 Å². The molecule has 0 spiro atoms. The van der Waals surface area contributed by atoms with Gasteiger partial charge in [0, 0.05) is 18.7 Å². The average molecular weight is 465 g/mol. The molecule has 6 nitrogen and oxygen atoms in total. The minimum atomic E-state index is -0.336. The Morgan fingerprint density at radius 3 is 2.74 bits per heavy atom. The summed E-state index contributed by atoms with van der Waals surface area (Å²) in [6.45, 7) is 7.51. The molecule has 2 bridgehead atoms. The van der Waals surface area contributed by atoms with Gasteiger partial charge in [-0.15, -0.1) is 0 Å². The van der Waals surface area contributed by atoms with Gasteiger partial charge in [-0.1, -0.05) is 26.8 Å². The van der Waals surface area contributed by atoms with Gasteiger partial charge in [0.15, 0.2) is 0 Å². The van der Waals surface area contributed by atoms with Crippen LogP contribution >= 0.6 is 0 Å². The van der Waals surface area contributed by atoms with E-state index in [1.54, 1.807) is 18.5 Å². The SMILES string of the molecule is COc1ccc(CCn2cnc3cc(NNC4C[C@@H]5C[C@H]([C@@H]4C)C5(C)C)ccc3c2=O)c(F)c1. The second kappa shape index (κ2) is 8.69. The Balaban J connectivity index is 1.25. The molecule has 3 fully saturated rings. The highest BCUT2D eigenvalue weighted by Crippen LogP contribution is 2.61. The standard InChI is InChI=1S/C27H33FN4O2/c1-16-22-11-18(27(22,2)3)12-24(16)31-30-19-6-8-21-25(13-19)29-15-32(26(21)33)10-9-17-5-7-20(34-4)14-23(17)28/h5-8,13-16,18,22,24,30-31H,9-12H2,1-4H3/t16-,18-,22+,24?/m0/s1. The third-order valence-electron chi connectivity index (χ3n) is 8.46. The molecule has 3 aliphatic carbocycles. The van der Waals surface area contributed by atoms with E-state index >= 15 is 0 Å². The number of hydrogen-bond acceptors (Lipinski definition) is 5. The van der Waals surface area contributed by atoms with Crippen molar-refractivity contribution in [3.8, 4) is 5.75 Å². The lowest BCUT2D eigenvalue weighted by Crippen LogP contribution is -2.60. The van der Waals surface area contributed by atoms with Crippen molar-refractivity contribution in [2.24, 2.45) is 23.2 Å². The number of rotatable bonds is 7. The molecular formula is C27H33FN4O2. The summed E-state index contributed by atoms with van der Waals surface area (Å²) >= 11 is 0. The molecule has 3 aliphatic rings. The second-order valence-electron chi connectivity index (χ2n) is 10.5. The van der Waals surface area contributed by atoms with Crippen LogP contribution in [-0.2, 0) is 13.0 Å². The van der Waals surface area contributed by atoms with Crippen LogP contribution in [0.1, 0.15) is 39.2 Å². The number of anilines is 1. The highest BCUT2D eigenvalue weighted by molar-refractivity contribution is 5.81. The topological polar surface area (TPSA) is 68.2 Å². The Labute approximate surface area is 199 Å². The fourth-order valence-electron chi connectivity index (χ4n) is 6.01. The Kier molecular flexibility index (Phi) is 5.84. The molecule has 1 unspecified atom stereocenters. The molecule has 1 aromatic heterocycles. The molecule has 3 aromatic rings. The van der Waals surface area contributed by atoms with E-state index in [9.17, 15) is 9.18 Å². The summed E-state index contributed by atoms with van der Waals surface area (Å²) < 4.78 is 20.8. The van der Waals surface area contributed by atoms with Crippen molar-refractivity contribution in [1.82, 2.24) is 15.0 Å². The fourth-order valence-corrected chi connectivity index (χ4v) is 6.01. The molecule has 2 aromatic carbocycles. The summed E-state index contributed by atoms with van der Waals surface area (Å²) in [5, 5.41) is 0.553. The minimum Gasteiger partial charge on any atom is -0.497 e. The molecule has 34 heavy (non-hydrogen) atoms. The largest absolute Gasteiger partial charge is 0.497 e. The van der Waals surface area contributed by atoms with Crippen LogP contribution in [-0.4, -0.2) is 22.7 Å². The highest BCUT2D eigenvalue weighted by atomic mass is 19.1. The molecule has 180 valence electrons. The van der Waals surface area contributed by atoms with Crippen LogP contribution in [0.2, 0.25) is 0 Å². The molecule has 6 rings (SSSR count). The maximum absolute atomic E-state index is 14.2. The predicted octanol–water partition coefficient (Wildman–Crippen LogP) is 4.77. The number of hydrazine groups is 1. The van der Waals surface area contributed by atoms with Crippen LogP contribution in [0.3, 0.4) is 0 Å². The number of ether oxygens (including phenoxy) is 1. The molecule has 0 aliphatic heterocycles. The van der Waals surface area contributed by atoms with Gasteiger partial charge in [-0.2, -0.15) is 0 Å². The van der Waals surface area contributed by atoms with Crippen LogP contribution in [0.5, 0.6) is 5.75 Å². The molecule has 0 saturated heterocycles. The van der Waals surface area contributed by atoms with Gasteiger partial charge in [0.05, 0.1) is 30.0 Å². The quantitative estimate of drug-likeness (QED) is 0.493. The normalized spacial score (nSPS) is 25.1. The van der Waals surface area contributed by atoms with Crippen molar-refractivity contribution >= 4 is 16.6 Å². The van der Waals surface area contributed by atoms with E-state index in [4.69, 9.17) is 4.74 Å².